The Hall–Kier alpha value is -2.57. The fraction of sp³-hybridized carbons (Fsp3) is 0.150. The molecule has 140 valence electrons. The summed E-state index contributed by atoms with van der Waals surface area (Å²) in [5.41, 5.74) is 2.77. The minimum Gasteiger partial charge on any atom is -0.347 e. The molecule has 1 N–H and O–H groups in total. The first-order chi connectivity index (χ1) is 12.8. The summed E-state index contributed by atoms with van der Waals surface area (Å²) in [6.07, 6.45) is 2.87. The van der Waals surface area contributed by atoms with Crippen LogP contribution in [0.2, 0.25) is 5.02 Å². The molecule has 1 aromatic heterocycles. The zero-order valence-electron chi connectivity index (χ0n) is 14.9. The first-order valence-corrected chi connectivity index (χ1v) is 10.6. The van der Waals surface area contributed by atoms with Crippen molar-refractivity contribution in [1.82, 2.24) is 4.57 Å². The van der Waals surface area contributed by atoms with Crippen LogP contribution in [0.4, 0.5) is 5.69 Å². The number of hydrogen-bond acceptors (Lipinski definition) is 3. The van der Waals surface area contributed by atoms with Crippen molar-refractivity contribution in [2.75, 3.05) is 11.6 Å². The first-order valence-electron chi connectivity index (χ1n) is 8.35. The lowest BCUT2D eigenvalue weighted by molar-refractivity contribution is 0.102. The molecular formula is C20H19ClN2O3S. The molecule has 0 spiro atoms. The third-order valence-corrected chi connectivity index (χ3v) is 5.44. The fourth-order valence-corrected chi connectivity index (χ4v) is 3.78. The maximum absolute atomic E-state index is 12.7. The number of carbonyl (C=O) groups is 1. The van der Waals surface area contributed by atoms with E-state index in [1.165, 1.54) is 18.2 Å². The Bertz CT molecular complexity index is 1090. The summed E-state index contributed by atoms with van der Waals surface area (Å²) in [6, 6.07) is 15.9. The first kappa shape index (κ1) is 19.2. The Morgan fingerprint density at radius 2 is 1.81 bits per heavy atom. The number of anilines is 1. The van der Waals surface area contributed by atoms with Gasteiger partial charge in [-0.1, -0.05) is 41.9 Å². The second kappa shape index (κ2) is 7.58. The molecule has 0 bridgehead atoms. The van der Waals surface area contributed by atoms with E-state index in [1.54, 1.807) is 6.20 Å². The van der Waals surface area contributed by atoms with Crippen LogP contribution in [0.15, 0.2) is 65.7 Å². The summed E-state index contributed by atoms with van der Waals surface area (Å²) in [7, 11) is -3.43. The molecule has 1 amide bonds. The second-order valence-electron chi connectivity index (χ2n) is 6.17. The van der Waals surface area contributed by atoms with Crippen molar-refractivity contribution in [3.05, 3.63) is 71.4 Å². The van der Waals surface area contributed by atoms with E-state index in [0.29, 0.717) is 17.8 Å². The summed E-state index contributed by atoms with van der Waals surface area (Å²) in [6.45, 7) is 2.72. The summed E-state index contributed by atoms with van der Waals surface area (Å²) >= 11 is 6.00. The number of rotatable bonds is 5. The number of hydrogen-bond donors (Lipinski definition) is 1. The molecule has 0 saturated carbocycles. The Balaban J connectivity index is 1.92. The fourth-order valence-electron chi connectivity index (χ4n) is 2.80. The molecule has 27 heavy (non-hydrogen) atoms. The van der Waals surface area contributed by atoms with Crippen molar-refractivity contribution < 1.29 is 13.2 Å². The number of aromatic nitrogens is 1. The summed E-state index contributed by atoms with van der Waals surface area (Å²) in [5, 5.41) is 2.97. The van der Waals surface area contributed by atoms with Crippen molar-refractivity contribution in [2.45, 2.75) is 18.4 Å². The molecule has 0 aliphatic heterocycles. The van der Waals surface area contributed by atoms with Crippen LogP contribution in [0.5, 0.6) is 0 Å². The van der Waals surface area contributed by atoms with E-state index in [2.05, 4.69) is 5.32 Å². The number of amides is 1. The lowest BCUT2D eigenvalue weighted by Crippen LogP contribution is -2.11. The molecule has 2 aromatic carbocycles. The van der Waals surface area contributed by atoms with Crippen molar-refractivity contribution in [3.8, 4) is 11.3 Å². The molecule has 3 rings (SSSR count). The third kappa shape index (κ3) is 4.40. The predicted octanol–water partition coefficient (Wildman–Crippen LogP) is 4.48. The quantitative estimate of drug-likeness (QED) is 0.683. The molecular weight excluding hydrogens is 384 g/mol. The largest absolute Gasteiger partial charge is 0.347 e. The highest BCUT2D eigenvalue weighted by Crippen LogP contribution is 2.25. The van der Waals surface area contributed by atoms with Crippen LogP contribution in [-0.4, -0.2) is 25.1 Å². The molecule has 0 aliphatic carbocycles. The van der Waals surface area contributed by atoms with Crippen molar-refractivity contribution >= 4 is 33.0 Å². The van der Waals surface area contributed by atoms with E-state index < -0.39 is 9.84 Å². The Labute approximate surface area is 163 Å². The Kier molecular flexibility index (Phi) is 5.39. The standard InChI is InChI=1S/C20H19ClN2O3S/c1-3-23-13-15(9-19(23)14-7-5-4-6-8-14)20(24)22-17-10-16(21)11-18(12-17)27(2,25)26/h4-13H,3H2,1-2H3,(H,22,24). The van der Waals surface area contributed by atoms with Gasteiger partial charge in [0.15, 0.2) is 9.84 Å². The molecule has 0 atom stereocenters. The van der Waals surface area contributed by atoms with Gasteiger partial charge in [0.2, 0.25) is 0 Å². The van der Waals surface area contributed by atoms with Crippen LogP contribution in [-0.2, 0) is 16.4 Å². The summed E-state index contributed by atoms with van der Waals surface area (Å²) < 4.78 is 25.5. The minimum atomic E-state index is -3.43. The van der Waals surface area contributed by atoms with Crippen LogP contribution >= 0.6 is 11.6 Å². The zero-order chi connectivity index (χ0) is 19.6. The lowest BCUT2D eigenvalue weighted by Gasteiger charge is -2.07. The van der Waals surface area contributed by atoms with Crippen LogP contribution in [0.1, 0.15) is 17.3 Å². The van der Waals surface area contributed by atoms with Crippen molar-refractivity contribution in [3.63, 3.8) is 0 Å². The minimum absolute atomic E-state index is 0.0569. The van der Waals surface area contributed by atoms with Crippen molar-refractivity contribution in [2.24, 2.45) is 0 Å². The van der Waals surface area contributed by atoms with Gasteiger partial charge in [0.1, 0.15) is 0 Å². The number of nitrogens with one attached hydrogen (secondary N) is 1. The summed E-state index contributed by atoms with van der Waals surface area (Å²) in [4.78, 5) is 12.7. The maximum Gasteiger partial charge on any atom is 0.257 e. The SMILES string of the molecule is CCn1cc(C(=O)Nc2cc(Cl)cc(S(C)(=O)=O)c2)cc1-c1ccccc1. The molecule has 5 nitrogen and oxygen atoms in total. The van der Waals surface area contributed by atoms with E-state index in [4.69, 9.17) is 11.6 Å². The molecule has 0 unspecified atom stereocenters. The third-order valence-electron chi connectivity index (χ3n) is 4.13. The molecule has 3 aromatic rings. The van der Waals surface area contributed by atoms with Gasteiger partial charge >= 0.3 is 0 Å². The van der Waals surface area contributed by atoms with Crippen LogP contribution in [0, 0.1) is 0 Å². The Morgan fingerprint density at radius 3 is 2.44 bits per heavy atom. The van der Waals surface area contributed by atoms with Gasteiger partial charge in [0.25, 0.3) is 5.91 Å². The monoisotopic (exact) mass is 402 g/mol. The average molecular weight is 403 g/mol. The number of carbonyl (C=O) groups excluding carboxylic acids is 1. The van der Waals surface area contributed by atoms with Gasteiger partial charge in [-0.25, -0.2) is 8.42 Å². The molecule has 1 heterocycles. The van der Waals surface area contributed by atoms with E-state index in [0.717, 1.165) is 17.5 Å². The van der Waals surface area contributed by atoms with Gasteiger partial charge in [-0.05, 0) is 36.8 Å². The van der Waals surface area contributed by atoms with E-state index in [1.807, 2.05) is 47.9 Å². The number of aryl methyl sites for hydroxylation is 1. The van der Waals surface area contributed by atoms with Gasteiger partial charge in [-0.3, -0.25) is 4.79 Å². The lowest BCUT2D eigenvalue weighted by atomic mass is 10.1. The molecule has 0 fully saturated rings. The van der Waals surface area contributed by atoms with Crippen LogP contribution in [0.3, 0.4) is 0 Å². The molecule has 7 heteroatoms. The summed E-state index contributed by atoms with van der Waals surface area (Å²) in [5.74, 6) is -0.332. The van der Waals surface area contributed by atoms with E-state index in [-0.39, 0.29) is 15.8 Å². The number of benzene rings is 2. The van der Waals surface area contributed by atoms with Gasteiger partial charge in [0, 0.05) is 35.4 Å². The maximum atomic E-state index is 12.7. The van der Waals surface area contributed by atoms with Gasteiger partial charge in [-0.15, -0.1) is 0 Å². The highest BCUT2D eigenvalue weighted by atomic mass is 35.5. The highest BCUT2D eigenvalue weighted by Gasteiger charge is 2.15. The average Bonchev–Trinajstić information content (AvgIpc) is 3.06. The van der Waals surface area contributed by atoms with Gasteiger partial charge in [0.05, 0.1) is 10.5 Å². The normalized spacial score (nSPS) is 11.4. The van der Waals surface area contributed by atoms with Crippen molar-refractivity contribution in [1.29, 1.82) is 0 Å². The number of nitrogens with zero attached hydrogens (tertiary/aromatic N) is 1. The van der Waals surface area contributed by atoms with Crippen LogP contribution in [0.25, 0.3) is 11.3 Å². The highest BCUT2D eigenvalue weighted by molar-refractivity contribution is 7.90. The Morgan fingerprint density at radius 1 is 1.11 bits per heavy atom. The molecule has 0 aliphatic rings. The molecule has 0 saturated heterocycles. The van der Waals surface area contributed by atoms with E-state index in [9.17, 15) is 13.2 Å². The molecule has 0 radical (unpaired) electrons. The predicted molar refractivity (Wildman–Crippen MR) is 108 cm³/mol. The number of sulfone groups is 1. The zero-order valence-corrected chi connectivity index (χ0v) is 16.5. The second-order valence-corrected chi connectivity index (χ2v) is 8.62. The number of halogens is 1. The smallest absolute Gasteiger partial charge is 0.257 e. The van der Waals surface area contributed by atoms with Crippen LogP contribution < -0.4 is 5.32 Å². The topological polar surface area (TPSA) is 68.2 Å². The van der Waals surface area contributed by atoms with E-state index >= 15 is 0 Å². The van der Waals surface area contributed by atoms with Gasteiger partial charge < -0.3 is 9.88 Å². The van der Waals surface area contributed by atoms with Gasteiger partial charge in [-0.2, -0.15) is 0 Å².